The molecule has 31 heavy (non-hydrogen) atoms. The van der Waals surface area contributed by atoms with Crippen LogP contribution < -0.4 is 5.56 Å². The molecule has 0 saturated heterocycles. The van der Waals surface area contributed by atoms with Crippen molar-refractivity contribution in [3.8, 4) is 11.4 Å². The Balaban J connectivity index is 1.56. The van der Waals surface area contributed by atoms with Crippen molar-refractivity contribution in [2.45, 2.75) is 28.8 Å². The fraction of sp³-hybridized carbons (Fsp3) is 0.273. The molecule has 2 aromatic carbocycles. The summed E-state index contributed by atoms with van der Waals surface area (Å²) in [7, 11) is 1.65. The van der Waals surface area contributed by atoms with Crippen molar-refractivity contribution < 1.29 is 9.26 Å². The molecule has 2 heterocycles. The van der Waals surface area contributed by atoms with Crippen LogP contribution in [0.5, 0.6) is 0 Å². The lowest BCUT2D eigenvalue weighted by molar-refractivity contribution is 0.189. The van der Waals surface area contributed by atoms with Gasteiger partial charge in [-0.1, -0.05) is 29.1 Å². The summed E-state index contributed by atoms with van der Waals surface area (Å²) in [6, 6.07) is 15.4. The molecule has 0 unspecified atom stereocenters. The number of fused-ring (bicyclic) bond motifs is 1. The number of rotatable bonds is 9. The highest BCUT2D eigenvalue weighted by Gasteiger charge is 2.14. The molecule has 0 aliphatic heterocycles. The van der Waals surface area contributed by atoms with E-state index >= 15 is 0 Å². The van der Waals surface area contributed by atoms with Crippen LogP contribution in [0, 0.1) is 0 Å². The second kappa shape index (κ2) is 10.1. The molecule has 4 aromatic rings. The normalized spacial score (nSPS) is 11.3. The van der Waals surface area contributed by atoms with Crippen molar-refractivity contribution in [1.29, 1.82) is 0 Å². The number of benzene rings is 2. The van der Waals surface area contributed by atoms with E-state index in [1.54, 1.807) is 29.5 Å². The number of hydrogen-bond donors (Lipinski definition) is 0. The summed E-state index contributed by atoms with van der Waals surface area (Å²) in [4.78, 5) is 23.4. The second-order valence-electron chi connectivity index (χ2n) is 6.74. The molecule has 0 bridgehead atoms. The molecule has 2 aromatic heterocycles. The molecule has 0 fully saturated rings. The standard InChI is InChI=1S/C22H22N4O3S2/c1-28-13-5-12-26-21(27)17-6-3-4-7-18(17)23-22(26)31-14-19-24-20(25-29-19)15-8-10-16(30-2)11-9-15/h3-4,6-11H,5,12-14H2,1-2H3. The highest BCUT2D eigenvalue weighted by molar-refractivity contribution is 7.98. The Morgan fingerprint density at radius 3 is 2.68 bits per heavy atom. The fourth-order valence-electron chi connectivity index (χ4n) is 3.12. The third-order valence-corrected chi connectivity index (χ3v) is 6.40. The molecule has 9 heteroatoms. The molecule has 0 saturated carbocycles. The lowest BCUT2D eigenvalue weighted by atomic mass is 10.2. The first-order chi connectivity index (χ1) is 15.2. The van der Waals surface area contributed by atoms with E-state index < -0.39 is 0 Å². The van der Waals surface area contributed by atoms with Gasteiger partial charge in [-0.25, -0.2) is 4.98 Å². The molecule has 0 aliphatic rings. The van der Waals surface area contributed by atoms with Crippen LogP contribution in [0.4, 0.5) is 0 Å². The summed E-state index contributed by atoms with van der Waals surface area (Å²) in [5.74, 6) is 1.46. The van der Waals surface area contributed by atoms with Crippen molar-refractivity contribution in [3.05, 3.63) is 64.8 Å². The van der Waals surface area contributed by atoms with E-state index in [9.17, 15) is 4.79 Å². The first kappa shape index (κ1) is 21.6. The minimum absolute atomic E-state index is 0.0516. The Morgan fingerprint density at radius 1 is 1.10 bits per heavy atom. The van der Waals surface area contributed by atoms with Crippen LogP contribution in [0.3, 0.4) is 0 Å². The number of thioether (sulfide) groups is 2. The zero-order chi connectivity index (χ0) is 21.6. The Kier molecular flexibility index (Phi) is 7.06. The summed E-state index contributed by atoms with van der Waals surface area (Å²) in [6.07, 6.45) is 2.76. The van der Waals surface area contributed by atoms with Crippen molar-refractivity contribution in [1.82, 2.24) is 19.7 Å². The highest BCUT2D eigenvalue weighted by atomic mass is 32.2. The van der Waals surface area contributed by atoms with E-state index in [1.165, 1.54) is 16.7 Å². The van der Waals surface area contributed by atoms with Gasteiger partial charge in [0.15, 0.2) is 5.16 Å². The van der Waals surface area contributed by atoms with Gasteiger partial charge in [0.1, 0.15) is 0 Å². The lowest BCUT2D eigenvalue weighted by Gasteiger charge is -2.12. The summed E-state index contributed by atoms with van der Waals surface area (Å²) < 4.78 is 12.3. The number of ether oxygens (including phenoxy) is 1. The van der Waals surface area contributed by atoms with E-state index in [-0.39, 0.29) is 5.56 Å². The minimum atomic E-state index is -0.0516. The quantitative estimate of drug-likeness (QED) is 0.208. The van der Waals surface area contributed by atoms with E-state index in [1.807, 2.05) is 48.7 Å². The van der Waals surface area contributed by atoms with Crippen LogP contribution in [-0.2, 0) is 17.0 Å². The maximum Gasteiger partial charge on any atom is 0.262 e. The molecule has 160 valence electrons. The van der Waals surface area contributed by atoms with E-state index in [4.69, 9.17) is 14.2 Å². The van der Waals surface area contributed by atoms with Gasteiger partial charge in [-0.05, 0) is 49.1 Å². The zero-order valence-electron chi connectivity index (χ0n) is 17.3. The first-order valence-electron chi connectivity index (χ1n) is 9.78. The molecular weight excluding hydrogens is 432 g/mol. The van der Waals surface area contributed by atoms with Crippen LogP contribution in [-0.4, -0.2) is 39.7 Å². The predicted octanol–water partition coefficient (Wildman–Crippen LogP) is 4.50. The summed E-state index contributed by atoms with van der Waals surface area (Å²) >= 11 is 3.10. The van der Waals surface area contributed by atoms with Crippen molar-refractivity contribution in [2.24, 2.45) is 0 Å². The molecule has 0 N–H and O–H groups in total. The molecule has 4 rings (SSSR count). The Hall–Kier alpha value is -2.62. The van der Waals surface area contributed by atoms with Gasteiger partial charge in [0, 0.05) is 30.7 Å². The van der Waals surface area contributed by atoms with Gasteiger partial charge in [-0.15, -0.1) is 11.8 Å². The average Bonchev–Trinajstić information content (AvgIpc) is 3.28. The molecule has 0 spiro atoms. The fourth-order valence-corrected chi connectivity index (χ4v) is 4.39. The monoisotopic (exact) mass is 454 g/mol. The number of hydrogen-bond acceptors (Lipinski definition) is 8. The molecule has 0 radical (unpaired) electrons. The van der Waals surface area contributed by atoms with Gasteiger partial charge >= 0.3 is 0 Å². The predicted molar refractivity (Wildman–Crippen MR) is 124 cm³/mol. The zero-order valence-corrected chi connectivity index (χ0v) is 18.9. The number of nitrogens with zero attached hydrogens (tertiary/aromatic N) is 4. The van der Waals surface area contributed by atoms with Crippen LogP contribution in [0.1, 0.15) is 12.3 Å². The van der Waals surface area contributed by atoms with E-state index in [0.29, 0.717) is 46.7 Å². The van der Waals surface area contributed by atoms with E-state index in [0.717, 1.165) is 12.0 Å². The first-order valence-corrected chi connectivity index (χ1v) is 12.0. The molecular formula is C22H22N4O3S2. The molecule has 0 atom stereocenters. The SMILES string of the molecule is COCCCn1c(SCc2nc(-c3ccc(SC)cc3)no2)nc2ccccc2c1=O. The Labute approximate surface area is 188 Å². The van der Waals surface area contributed by atoms with Gasteiger partial charge in [-0.3, -0.25) is 9.36 Å². The Morgan fingerprint density at radius 2 is 1.90 bits per heavy atom. The van der Waals surface area contributed by atoms with Gasteiger partial charge in [0.25, 0.3) is 5.56 Å². The number of aromatic nitrogens is 4. The maximum absolute atomic E-state index is 13.0. The van der Waals surface area contributed by atoms with Gasteiger partial charge < -0.3 is 9.26 Å². The molecule has 0 amide bonds. The van der Waals surface area contributed by atoms with Crippen LogP contribution in [0.15, 0.2) is 67.9 Å². The second-order valence-corrected chi connectivity index (χ2v) is 8.57. The third-order valence-electron chi connectivity index (χ3n) is 4.70. The Bertz CT molecular complexity index is 1220. The molecule has 7 nitrogen and oxygen atoms in total. The maximum atomic E-state index is 13.0. The number of methoxy groups -OCH3 is 1. The van der Waals surface area contributed by atoms with Crippen molar-refractivity contribution in [2.75, 3.05) is 20.0 Å². The largest absolute Gasteiger partial charge is 0.385 e. The summed E-state index contributed by atoms with van der Waals surface area (Å²) in [5, 5.41) is 5.33. The highest BCUT2D eigenvalue weighted by Crippen LogP contribution is 2.24. The van der Waals surface area contributed by atoms with Gasteiger partial charge in [0.2, 0.25) is 11.7 Å². The van der Waals surface area contributed by atoms with E-state index in [2.05, 4.69) is 10.1 Å². The lowest BCUT2D eigenvalue weighted by Crippen LogP contribution is -2.24. The summed E-state index contributed by atoms with van der Waals surface area (Å²) in [6.45, 7) is 1.11. The number of para-hydroxylation sites is 1. The molecule has 0 aliphatic carbocycles. The van der Waals surface area contributed by atoms with Crippen molar-refractivity contribution in [3.63, 3.8) is 0 Å². The average molecular weight is 455 g/mol. The topological polar surface area (TPSA) is 83.0 Å². The van der Waals surface area contributed by atoms with Crippen LogP contribution in [0.25, 0.3) is 22.3 Å². The van der Waals surface area contributed by atoms with Crippen LogP contribution in [0.2, 0.25) is 0 Å². The summed E-state index contributed by atoms with van der Waals surface area (Å²) in [5.41, 5.74) is 1.53. The third kappa shape index (κ3) is 5.00. The minimum Gasteiger partial charge on any atom is -0.385 e. The van der Waals surface area contributed by atoms with Gasteiger partial charge in [0.05, 0.1) is 16.7 Å². The smallest absolute Gasteiger partial charge is 0.262 e. The van der Waals surface area contributed by atoms with Gasteiger partial charge in [-0.2, -0.15) is 4.98 Å². The van der Waals surface area contributed by atoms with Crippen LogP contribution >= 0.6 is 23.5 Å². The van der Waals surface area contributed by atoms with Crippen molar-refractivity contribution >= 4 is 34.4 Å².